The molecule has 0 bridgehead atoms. The van der Waals surface area contributed by atoms with Crippen LogP contribution in [0.1, 0.15) is 21.5 Å². The van der Waals surface area contributed by atoms with Crippen molar-refractivity contribution in [3.8, 4) is 11.5 Å². The number of methoxy groups -OCH3 is 1. The molecule has 0 radical (unpaired) electrons. The first-order valence-corrected chi connectivity index (χ1v) is 12.6. The molecule has 3 aromatic rings. The van der Waals surface area contributed by atoms with Crippen LogP contribution < -0.4 is 9.47 Å². The molecule has 0 aliphatic carbocycles. The number of carbonyl (C=O) groups excluding carboxylic acids is 1. The number of halogens is 2. The van der Waals surface area contributed by atoms with Crippen molar-refractivity contribution in [3.63, 3.8) is 0 Å². The van der Waals surface area contributed by atoms with Crippen molar-refractivity contribution in [1.29, 1.82) is 0 Å². The van der Waals surface area contributed by atoms with Gasteiger partial charge in [0, 0.05) is 12.1 Å². The highest BCUT2D eigenvalue weighted by molar-refractivity contribution is 9.10. The third kappa shape index (κ3) is 5.92. The summed E-state index contributed by atoms with van der Waals surface area (Å²) < 4.78 is 12.2. The van der Waals surface area contributed by atoms with Crippen LogP contribution in [0.15, 0.2) is 75.0 Å². The Morgan fingerprint density at radius 1 is 1.19 bits per heavy atom. The Bertz CT molecular complexity index is 1410. The second kappa shape index (κ2) is 11.2. The van der Waals surface area contributed by atoms with Gasteiger partial charge in [-0.3, -0.25) is 9.69 Å². The minimum Gasteiger partial charge on any atom is -0.493 e. The van der Waals surface area contributed by atoms with Gasteiger partial charge in [0.1, 0.15) is 6.61 Å². The van der Waals surface area contributed by atoms with Gasteiger partial charge in [-0.1, -0.05) is 29.8 Å². The van der Waals surface area contributed by atoms with Gasteiger partial charge >= 0.3 is 5.97 Å². The van der Waals surface area contributed by atoms with Gasteiger partial charge in [-0.05, 0) is 87.4 Å². The van der Waals surface area contributed by atoms with E-state index in [1.165, 1.54) is 28.8 Å². The number of carboxylic acid groups (broad SMARTS) is 1. The molecule has 1 amide bonds. The smallest absolute Gasteiger partial charge is 0.335 e. The number of benzene rings is 3. The SMILES string of the molecule is COc1cc(C=C2SC(=Nc3cccc(C(=O)O)c3)N(C)C2=O)cc(Br)c1OCc1cccc(Cl)c1. The van der Waals surface area contributed by atoms with E-state index >= 15 is 0 Å². The Hall–Kier alpha value is -3.27. The maximum Gasteiger partial charge on any atom is 0.335 e. The molecule has 1 aliphatic heterocycles. The van der Waals surface area contributed by atoms with Crippen LogP contribution in [-0.4, -0.2) is 41.2 Å². The first-order valence-electron chi connectivity index (χ1n) is 10.6. The number of nitrogens with zero attached hydrogens (tertiary/aromatic N) is 2. The van der Waals surface area contributed by atoms with Crippen molar-refractivity contribution in [1.82, 2.24) is 4.90 Å². The van der Waals surface area contributed by atoms with Crippen LogP contribution in [-0.2, 0) is 11.4 Å². The Morgan fingerprint density at radius 3 is 2.69 bits per heavy atom. The van der Waals surface area contributed by atoms with Crippen molar-refractivity contribution in [2.75, 3.05) is 14.2 Å². The van der Waals surface area contributed by atoms with Gasteiger partial charge in [0.05, 0.1) is 27.7 Å². The van der Waals surface area contributed by atoms with Crippen LogP contribution in [0.3, 0.4) is 0 Å². The van der Waals surface area contributed by atoms with Crippen LogP contribution >= 0.6 is 39.3 Å². The quantitative estimate of drug-likeness (QED) is 0.313. The first-order chi connectivity index (χ1) is 17.2. The highest BCUT2D eigenvalue weighted by Gasteiger charge is 2.30. The average Bonchev–Trinajstić information content (AvgIpc) is 3.10. The molecule has 0 atom stereocenters. The summed E-state index contributed by atoms with van der Waals surface area (Å²) in [5.41, 5.74) is 2.22. The van der Waals surface area contributed by atoms with Crippen LogP contribution in [0.25, 0.3) is 6.08 Å². The molecule has 1 saturated heterocycles. The molecule has 7 nitrogen and oxygen atoms in total. The predicted molar refractivity (Wildman–Crippen MR) is 145 cm³/mol. The lowest BCUT2D eigenvalue weighted by Gasteiger charge is -2.14. The Morgan fingerprint density at radius 2 is 1.97 bits per heavy atom. The van der Waals surface area contributed by atoms with Gasteiger partial charge in [-0.2, -0.15) is 0 Å². The van der Waals surface area contributed by atoms with Gasteiger partial charge in [-0.15, -0.1) is 0 Å². The Balaban J connectivity index is 1.57. The molecule has 0 saturated carbocycles. The third-order valence-corrected chi connectivity index (χ3v) is 7.03. The number of rotatable bonds is 7. The zero-order chi connectivity index (χ0) is 25.8. The monoisotopic (exact) mass is 586 g/mol. The van der Waals surface area contributed by atoms with Crippen molar-refractivity contribution in [2.45, 2.75) is 6.61 Å². The standard InChI is InChI=1S/C26H20BrClN2O5S/c1-30-24(31)22(36-26(30)29-19-8-4-6-17(13-19)25(32)33)12-16-10-20(27)23(21(11-16)34-2)35-14-15-5-3-7-18(28)9-15/h3-13H,14H2,1-2H3,(H,32,33). The van der Waals surface area contributed by atoms with E-state index in [4.69, 9.17) is 21.1 Å². The summed E-state index contributed by atoms with van der Waals surface area (Å²) in [5.74, 6) is -0.227. The van der Waals surface area contributed by atoms with Crippen LogP contribution in [0.5, 0.6) is 11.5 Å². The molecule has 36 heavy (non-hydrogen) atoms. The Kier molecular flexibility index (Phi) is 8.03. The molecule has 1 N–H and O–H groups in total. The first kappa shape index (κ1) is 25.8. The molecule has 1 fully saturated rings. The average molecular weight is 588 g/mol. The number of carbonyl (C=O) groups is 2. The van der Waals surface area contributed by atoms with Crippen LogP contribution in [0, 0.1) is 0 Å². The van der Waals surface area contributed by atoms with E-state index in [2.05, 4.69) is 20.9 Å². The molecule has 1 aliphatic rings. The summed E-state index contributed by atoms with van der Waals surface area (Å²) >= 11 is 10.8. The molecule has 1 heterocycles. The van der Waals surface area contributed by atoms with E-state index in [1.807, 2.05) is 24.3 Å². The number of amides is 1. The summed E-state index contributed by atoms with van der Waals surface area (Å²) in [6.07, 6.45) is 1.74. The molecular formula is C26H20BrClN2O5S. The van der Waals surface area contributed by atoms with E-state index in [0.717, 1.165) is 11.1 Å². The number of hydrogen-bond donors (Lipinski definition) is 1. The topological polar surface area (TPSA) is 88.4 Å². The van der Waals surface area contributed by atoms with Gasteiger partial charge < -0.3 is 14.6 Å². The number of carboxylic acids is 1. The number of hydrogen-bond acceptors (Lipinski definition) is 6. The number of likely N-dealkylation sites (N-methyl/N-ethyl adjacent to an activating group) is 1. The second-order valence-corrected chi connectivity index (χ2v) is 9.98. The fraction of sp³-hybridized carbons (Fsp3) is 0.115. The van der Waals surface area contributed by atoms with Gasteiger partial charge in [0.25, 0.3) is 5.91 Å². The molecule has 10 heteroatoms. The largest absolute Gasteiger partial charge is 0.493 e. The molecular weight excluding hydrogens is 568 g/mol. The lowest BCUT2D eigenvalue weighted by molar-refractivity contribution is -0.121. The summed E-state index contributed by atoms with van der Waals surface area (Å²) in [6, 6.07) is 17.3. The van der Waals surface area contributed by atoms with Crippen molar-refractivity contribution in [2.24, 2.45) is 4.99 Å². The maximum atomic E-state index is 12.9. The molecule has 0 spiro atoms. The summed E-state index contributed by atoms with van der Waals surface area (Å²) in [4.78, 5) is 30.5. The second-order valence-electron chi connectivity index (χ2n) is 7.68. The Labute approximate surface area is 225 Å². The molecule has 0 unspecified atom stereocenters. The highest BCUT2D eigenvalue weighted by atomic mass is 79.9. The van der Waals surface area contributed by atoms with E-state index < -0.39 is 5.97 Å². The maximum absolute atomic E-state index is 12.9. The van der Waals surface area contributed by atoms with E-state index in [-0.39, 0.29) is 11.5 Å². The number of aromatic carboxylic acids is 1. The number of aliphatic imine (C=N–C) groups is 1. The summed E-state index contributed by atoms with van der Waals surface area (Å²) in [6.45, 7) is 0.304. The fourth-order valence-corrected chi connectivity index (χ4v) is 5.14. The molecule has 3 aromatic carbocycles. The molecule has 184 valence electrons. The zero-order valence-corrected chi connectivity index (χ0v) is 22.4. The van der Waals surface area contributed by atoms with Crippen molar-refractivity contribution < 1.29 is 24.2 Å². The molecule has 4 rings (SSSR count). The van der Waals surface area contributed by atoms with Crippen molar-refractivity contribution in [3.05, 3.63) is 91.8 Å². The normalized spacial score (nSPS) is 15.6. The zero-order valence-electron chi connectivity index (χ0n) is 19.2. The number of ether oxygens (including phenoxy) is 2. The minimum atomic E-state index is -1.04. The highest BCUT2D eigenvalue weighted by Crippen LogP contribution is 2.39. The summed E-state index contributed by atoms with van der Waals surface area (Å²) in [7, 11) is 3.17. The third-order valence-electron chi connectivity index (χ3n) is 5.14. The lowest BCUT2D eigenvalue weighted by atomic mass is 10.1. The number of thioether (sulfide) groups is 1. The minimum absolute atomic E-state index is 0.124. The number of amidine groups is 1. The lowest BCUT2D eigenvalue weighted by Crippen LogP contribution is -2.23. The van der Waals surface area contributed by atoms with Crippen LogP contribution in [0.4, 0.5) is 5.69 Å². The van der Waals surface area contributed by atoms with E-state index in [0.29, 0.717) is 43.4 Å². The molecule has 0 aromatic heterocycles. The van der Waals surface area contributed by atoms with Gasteiger partial charge in [0.15, 0.2) is 16.7 Å². The van der Waals surface area contributed by atoms with Gasteiger partial charge in [-0.25, -0.2) is 9.79 Å². The van der Waals surface area contributed by atoms with Gasteiger partial charge in [0.2, 0.25) is 0 Å². The predicted octanol–water partition coefficient (Wildman–Crippen LogP) is 6.62. The van der Waals surface area contributed by atoms with E-state index in [1.54, 1.807) is 44.5 Å². The summed E-state index contributed by atoms with van der Waals surface area (Å²) in [5, 5.41) is 10.3. The van der Waals surface area contributed by atoms with E-state index in [9.17, 15) is 14.7 Å². The van der Waals surface area contributed by atoms with Crippen molar-refractivity contribution >= 4 is 68.1 Å². The fourth-order valence-electron chi connectivity index (χ4n) is 3.37. The van der Waals surface area contributed by atoms with Crippen LogP contribution in [0.2, 0.25) is 5.02 Å².